The molecule has 0 aliphatic carbocycles. The Morgan fingerprint density at radius 3 is 1.03 bits per heavy atom. The van der Waals surface area contributed by atoms with Crippen LogP contribution in [0.5, 0.6) is 0 Å². The second-order valence-corrected chi connectivity index (χ2v) is 20.7. The molecule has 3 N–H and O–H groups in total. The number of esters is 1. The van der Waals surface area contributed by atoms with Crippen LogP contribution in [0.15, 0.2) is 12.2 Å². The molecule has 0 radical (unpaired) electrons. The van der Waals surface area contributed by atoms with E-state index in [1.54, 1.807) is 6.08 Å². The van der Waals surface area contributed by atoms with Gasteiger partial charge in [0.15, 0.2) is 0 Å². The van der Waals surface area contributed by atoms with Crippen molar-refractivity contribution >= 4 is 11.9 Å². The summed E-state index contributed by atoms with van der Waals surface area (Å²) in [7, 11) is 0. The van der Waals surface area contributed by atoms with Gasteiger partial charge in [-0.3, -0.25) is 9.59 Å². The zero-order valence-corrected chi connectivity index (χ0v) is 44.7. The lowest BCUT2D eigenvalue weighted by atomic mass is 10.0. The molecule has 2 unspecified atom stereocenters. The average Bonchev–Trinajstić information content (AvgIpc) is 3.32. The predicted molar refractivity (Wildman–Crippen MR) is 287 cm³/mol. The van der Waals surface area contributed by atoms with Crippen LogP contribution in [0.3, 0.4) is 0 Å². The maximum atomic E-state index is 12.5. The van der Waals surface area contributed by atoms with E-state index in [-0.39, 0.29) is 18.5 Å². The SMILES string of the molecule is CCCCCCCCCCCCCCCCCCCCCCCC/C=C/C(O)C(CO)NC(=O)CCCCCCCCCCCOC(=O)CCCCCCCCCCCCCCCCCC. The van der Waals surface area contributed by atoms with Crippen molar-refractivity contribution in [2.24, 2.45) is 0 Å². The van der Waals surface area contributed by atoms with Crippen LogP contribution in [0.1, 0.15) is 335 Å². The number of carbonyl (C=O) groups is 2. The Morgan fingerprint density at radius 2 is 0.697 bits per heavy atom. The summed E-state index contributed by atoms with van der Waals surface area (Å²) in [6.07, 6.45) is 66.7. The molecule has 0 aliphatic heterocycles. The van der Waals surface area contributed by atoms with Crippen LogP contribution in [-0.2, 0) is 14.3 Å². The number of rotatable bonds is 56. The predicted octanol–water partition coefficient (Wildman–Crippen LogP) is 18.5. The lowest BCUT2D eigenvalue weighted by molar-refractivity contribution is -0.143. The first-order valence-corrected chi connectivity index (χ1v) is 30.0. The quantitative estimate of drug-likeness (QED) is 0.0321. The van der Waals surface area contributed by atoms with Gasteiger partial charge in [0.2, 0.25) is 5.91 Å². The zero-order chi connectivity index (χ0) is 47.9. The highest BCUT2D eigenvalue weighted by molar-refractivity contribution is 5.76. The molecule has 0 spiro atoms. The van der Waals surface area contributed by atoms with Crippen molar-refractivity contribution in [1.82, 2.24) is 5.32 Å². The summed E-state index contributed by atoms with van der Waals surface area (Å²) in [6.45, 7) is 4.87. The van der Waals surface area contributed by atoms with E-state index in [4.69, 9.17) is 4.74 Å². The molecular weight excluding hydrogens is 815 g/mol. The molecule has 0 saturated carbocycles. The van der Waals surface area contributed by atoms with E-state index >= 15 is 0 Å². The van der Waals surface area contributed by atoms with Crippen LogP contribution >= 0.6 is 0 Å². The van der Waals surface area contributed by atoms with Gasteiger partial charge in [0.1, 0.15) is 0 Å². The monoisotopic (exact) mass is 932 g/mol. The lowest BCUT2D eigenvalue weighted by Gasteiger charge is -2.20. The molecule has 0 aromatic rings. The molecule has 0 aromatic carbocycles. The van der Waals surface area contributed by atoms with E-state index in [0.717, 1.165) is 57.8 Å². The molecule has 6 nitrogen and oxygen atoms in total. The third-order valence-electron chi connectivity index (χ3n) is 14.1. The summed E-state index contributed by atoms with van der Waals surface area (Å²) >= 11 is 0. The standard InChI is InChI=1S/C60H117NO5/c1-3-5-7-9-11-13-15-17-19-21-22-23-24-25-26-27-28-29-31-33-36-40-44-48-52-58(63)57(56-62)61-59(64)53-49-45-41-37-35-39-43-47-51-55-66-60(65)54-50-46-42-38-34-32-30-20-18-16-14-12-10-8-6-4-2/h48,52,57-58,62-63H,3-47,49-51,53-56H2,1-2H3,(H,61,64)/b52-48+. The van der Waals surface area contributed by atoms with Gasteiger partial charge in [-0.25, -0.2) is 0 Å². The van der Waals surface area contributed by atoms with Crippen LogP contribution in [0.4, 0.5) is 0 Å². The van der Waals surface area contributed by atoms with Gasteiger partial charge in [0.05, 0.1) is 25.4 Å². The number of ether oxygens (including phenoxy) is 1. The van der Waals surface area contributed by atoms with E-state index in [2.05, 4.69) is 19.2 Å². The molecule has 0 heterocycles. The van der Waals surface area contributed by atoms with E-state index in [1.165, 1.54) is 250 Å². The van der Waals surface area contributed by atoms with Gasteiger partial charge in [0, 0.05) is 12.8 Å². The van der Waals surface area contributed by atoms with Gasteiger partial charge in [-0.15, -0.1) is 0 Å². The largest absolute Gasteiger partial charge is 0.466 e. The smallest absolute Gasteiger partial charge is 0.305 e. The van der Waals surface area contributed by atoms with Crippen molar-refractivity contribution in [2.45, 2.75) is 347 Å². The Hall–Kier alpha value is -1.40. The molecule has 0 bridgehead atoms. The highest BCUT2D eigenvalue weighted by Gasteiger charge is 2.18. The first kappa shape index (κ1) is 64.6. The molecule has 0 saturated heterocycles. The minimum absolute atomic E-state index is 0.0226. The summed E-state index contributed by atoms with van der Waals surface area (Å²) in [5.74, 6) is -0.114. The number of carbonyl (C=O) groups excluding carboxylic acids is 2. The second kappa shape index (κ2) is 56.2. The van der Waals surface area contributed by atoms with Gasteiger partial charge in [-0.1, -0.05) is 302 Å². The second-order valence-electron chi connectivity index (χ2n) is 20.7. The number of hydrogen-bond donors (Lipinski definition) is 3. The summed E-state index contributed by atoms with van der Waals surface area (Å²) < 4.78 is 5.47. The minimum Gasteiger partial charge on any atom is -0.466 e. The van der Waals surface area contributed by atoms with Gasteiger partial charge in [-0.05, 0) is 32.1 Å². The van der Waals surface area contributed by atoms with Gasteiger partial charge in [0.25, 0.3) is 0 Å². The number of amides is 1. The fourth-order valence-electron chi connectivity index (χ4n) is 9.46. The highest BCUT2D eigenvalue weighted by atomic mass is 16.5. The lowest BCUT2D eigenvalue weighted by Crippen LogP contribution is -2.45. The Labute approximate surface area is 412 Å². The van der Waals surface area contributed by atoms with Crippen molar-refractivity contribution in [1.29, 1.82) is 0 Å². The molecule has 0 aliphatic rings. The molecule has 2 atom stereocenters. The number of hydrogen-bond acceptors (Lipinski definition) is 5. The highest BCUT2D eigenvalue weighted by Crippen LogP contribution is 2.18. The number of unbranched alkanes of at least 4 members (excludes halogenated alkanes) is 45. The molecule has 1 amide bonds. The van der Waals surface area contributed by atoms with Crippen molar-refractivity contribution in [2.75, 3.05) is 13.2 Å². The van der Waals surface area contributed by atoms with Crippen molar-refractivity contribution in [3.05, 3.63) is 12.2 Å². The molecule has 6 heteroatoms. The van der Waals surface area contributed by atoms with Gasteiger partial charge < -0.3 is 20.3 Å². The third kappa shape index (κ3) is 52.0. The van der Waals surface area contributed by atoms with Crippen molar-refractivity contribution in [3.8, 4) is 0 Å². The van der Waals surface area contributed by atoms with Crippen LogP contribution in [-0.4, -0.2) is 47.4 Å². The number of allylic oxidation sites excluding steroid dienone is 1. The fourth-order valence-corrected chi connectivity index (χ4v) is 9.46. The summed E-state index contributed by atoms with van der Waals surface area (Å²) in [5, 5.41) is 23.2. The number of nitrogens with one attached hydrogen (secondary N) is 1. The minimum atomic E-state index is -0.862. The normalized spacial score (nSPS) is 12.6. The average molecular weight is 933 g/mol. The van der Waals surface area contributed by atoms with Gasteiger partial charge in [-0.2, -0.15) is 0 Å². The molecule has 0 fully saturated rings. The molecule has 0 rings (SSSR count). The topological polar surface area (TPSA) is 95.9 Å². The third-order valence-corrected chi connectivity index (χ3v) is 14.1. The molecule has 392 valence electrons. The van der Waals surface area contributed by atoms with Gasteiger partial charge >= 0.3 is 5.97 Å². The summed E-state index contributed by atoms with van der Waals surface area (Å²) in [4.78, 5) is 24.6. The first-order valence-electron chi connectivity index (χ1n) is 30.0. The van der Waals surface area contributed by atoms with Crippen molar-refractivity contribution < 1.29 is 24.5 Å². The fraction of sp³-hybridized carbons (Fsp3) is 0.933. The van der Waals surface area contributed by atoms with E-state index in [1.807, 2.05) is 6.08 Å². The Kier molecular flexibility index (Phi) is 55.0. The van der Waals surface area contributed by atoms with Crippen LogP contribution in [0.2, 0.25) is 0 Å². The van der Waals surface area contributed by atoms with Crippen LogP contribution < -0.4 is 5.32 Å². The Bertz CT molecular complexity index is 986. The van der Waals surface area contributed by atoms with E-state index in [9.17, 15) is 19.8 Å². The summed E-state index contributed by atoms with van der Waals surface area (Å²) in [5.41, 5.74) is 0. The van der Waals surface area contributed by atoms with E-state index < -0.39 is 12.1 Å². The van der Waals surface area contributed by atoms with Crippen LogP contribution in [0.25, 0.3) is 0 Å². The first-order chi connectivity index (χ1) is 32.5. The maximum absolute atomic E-state index is 12.5. The molecular formula is C60H117NO5. The Morgan fingerprint density at radius 1 is 0.409 bits per heavy atom. The Balaban J connectivity index is 3.49. The molecule has 0 aromatic heterocycles. The summed E-state index contributed by atoms with van der Waals surface area (Å²) in [6, 6.07) is -0.648. The van der Waals surface area contributed by atoms with E-state index in [0.29, 0.717) is 19.4 Å². The number of aliphatic hydroxyl groups is 2. The van der Waals surface area contributed by atoms with Crippen LogP contribution in [0, 0.1) is 0 Å². The van der Waals surface area contributed by atoms with Crippen molar-refractivity contribution in [3.63, 3.8) is 0 Å². The number of aliphatic hydroxyl groups excluding tert-OH is 2. The zero-order valence-electron chi connectivity index (χ0n) is 44.7. The molecule has 66 heavy (non-hydrogen) atoms. The maximum Gasteiger partial charge on any atom is 0.305 e.